The minimum absolute atomic E-state index is 0.0161. The van der Waals surface area contributed by atoms with Crippen LogP contribution in [-0.2, 0) is 4.79 Å². The van der Waals surface area contributed by atoms with Gasteiger partial charge in [-0.15, -0.1) is 11.3 Å². The highest BCUT2D eigenvalue weighted by atomic mass is 35.5. The molecule has 1 aromatic heterocycles. The number of carbonyl (C=O) groups is 2. The van der Waals surface area contributed by atoms with Gasteiger partial charge in [0.15, 0.2) is 0 Å². The lowest BCUT2D eigenvalue weighted by molar-refractivity contribution is -0.126. The highest BCUT2D eigenvalue weighted by molar-refractivity contribution is 7.13. The predicted octanol–water partition coefficient (Wildman–Crippen LogP) is 4.02. The minimum Gasteiger partial charge on any atom is -0.355 e. The Morgan fingerprint density at radius 3 is 2.48 bits per heavy atom. The Morgan fingerprint density at radius 2 is 1.87 bits per heavy atom. The zero-order valence-electron chi connectivity index (χ0n) is 18.7. The summed E-state index contributed by atoms with van der Waals surface area (Å²) >= 11 is 7.39. The third kappa shape index (κ3) is 6.51. The summed E-state index contributed by atoms with van der Waals surface area (Å²) in [7, 11) is 4.08. The van der Waals surface area contributed by atoms with Gasteiger partial charge in [-0.1, -0.05) is 37.6 Å². The summed E-state index contributed by atoms with van der Waals surface area (Å²) in [6.07, 6.45) is 1.36. The van der Waals surface area contributed by atoms with E-state index in [0.717, 1.165) is 17.1 Å². The second-order valence-corrected chi connectivity index (χ2v) is 10.5. The molecule has 6 nitrogen and oxygen atoms in total. The normalized spacial score (nSPS) is 15.4. The van der Waals surface area contributed by atoms with Crippen LogP contribution >= 0.6 is 22.9 Å². The van der Waals surface area contributed by atoms with E-state index >= 15 is 0 Å². The fraction of sp³-hybridized carbons (Fsp3) is 0.522. The fourth-order valence-electron chi connectivity index (χ4n) is 3.99. The van der Waals surface area contributed by atoms with Gasteiger partial charge in [0.1, 0.15) is 10.7 Å². The summed E-state index contributed by atoms with van der Waals surface area (Å²) in [5.41, 5.74) is 1.42. The van der Waals surface area contributed by atoms with Crippen LogP contribution in [0.15, 0.2) is 29.6 Å². The highest BCUT2D eigenvalue weighted by Gasteiger charge is 2.30. The lowest BCUT2D eigenvalue weighted by Crippen LogP contribution is -2.46. The molecule has 168 valence electrons. The topological polar surface area (TPSA) is 65.5 Å². The Balaban J connectivity index is 1.51. The zero-order valence-corrected chi connectivity index (χ0v) is 20.2. The van der Waals surface area contributed by atoms with E-state index in [4.69, 9.17) is 11.6 Å². The molecule has 1 saturated heterocycles. The summed E-state index contributed by atoms with van der Waals surface area (Å²) in [5.74, 6) is -0.0145. The smallest absolute Gasteiger partial charge is 0.273 e. The van der Waals surface area contributed by atoms with Gasteiger partial charge in [-0.05, 0) is 44.5 Å². The van der Waals surface area contributed by atoms with Crippen LogP contribution in [-0.4, -0.2) is 66.9 Å². The molecule has 2 heterocycles. The summed E-state index contributed by atoms with van der Waals surface area (Å²) in [5, 5.41) is 6.39. The summed E-state index contributed by atoms with van der Waals surface area (Å²) in [6.45, 7) is 7.01. The third-order valence-corrected chi connectivity index (χ3v) is 6.60. The van der Waals surface area contributed by atoms with Crippen LogP contribution in [0.3, 0.4) is 0 Å². The number of benzene rings is 1. The van der Waals surface area contributed by atoms with Crippen LogP contribution in [0.1, 0.15) is 37.2 Å². The van der Waals surface area contributed by atoms with Gasteiger partial charge in [0.05, 0.1) is 0 Å². The molecule has 1 fully saturated rings. The summed E-state index contributed by atoms with van der Waals surface area (Å²) in [6, 6.07) is 7.44. The van der Waals surface area contributed by atoms with E-state index < -0.39 is 0 Å². The van der Waals surface area contributed by atoms with E-state index in [-0.39, 0.29) is 23.1 Å². The Bertz CT molecular complexity index is 903. The largest absolute Gasteiger partial charge is 0.355 e. The number of hydrogen-bond acceptors (Lipinski definition) is 5. The van der Waals surface area contributed by atoms with Crippen molar-refractivity contribution in [2.75, 3.05) is 40.3 Å². The van der Waals surface area contributed by atoms with E-state index in [1.807, 2.05) is 38.4 Å². The first kappa shape index (κ1) is 23.7. The molecular formula is C23H31ClN4O2S. The molecule has 0 bridgehead atoms. The van der Waals surface area contributed by atoms with Gasteiger partial charge in [-0.3, -0.25) is 9.59 Å². The van der Waals surface area contributed by atoms with Crippen molar-refractivity contribution in [3.63, 3.8) is 0 Å². The second kappa shape index (κ2) is 10.1. The molecule has 0 unspecified atom stereocenters. The molecule has 2 amide bonds. The van der Waals surface area contributed by atoms with Gasteiger partial charge in [0, 0.05) is 48.1 Å². The van der Waals surface area contributed by atoms with Crippen LogP contribution in [0.2, 0.25) is 5.02 Å². The molecule has 0 saturated carbocycles. The molecule has 1 aliphatic heterocycles. The molecule has 0 spiro atoms. The van der Waals surface area contributed by atoms with E-state index in [1.54, 1.807) is 10.3 Å². The van der Waals surface area contributed by atoms with Crippen molar-refractivity contribution in [3.8, 4) is 10.6 Å². The molecule has 8 heteroatoms. The van der Waals surface area contributed by atoms with E-state index in [0.29, 0.717) is 43.2 Å². The SMILES string of the molecule is CN(C)CC(C)(C)CNC(=O)C1CCN(C(=O)c2csc(-c3ccc(Cl)cc3)n2)CC1. The minimum atomic E-state index is -0.0672. The Kier molecular flexibility index (Phi) is 7.73. The molecular weight excluding hydrogens is 432 g/mol. The monoisotopic (exact) mass is 462 g/mol. The molecule has 3 rings (SSSR count). The van der Waals surface area contributed by atoms with Gasteiger partial charge in [0.25, 0.3) is 5.91 Å². The van der Waals surface area contributed by atoms with Gasteiger partial charge >= 0.3 is 0 Å². The van der Waals surface area contributed by atoms with Crippen molar-refractivity contribution in [1.29, 1.82) is 0 Å². The highest BCUT2D eigenvalue weighted by Crippen LogP contribution is 2.27. The predicted molar refractivity (Wildman–Crippen MR) is 127 cm³/mol. The maximum Gasteiger partial charge on any atom is 0.273 e. The van der Waals surface area contributed by atoms with Gasteiger partial charge in [-0.2, -0.15) is 0 Å². The molecule has 1 aliphatic rings. The second-order valence-electron chi connectivity index (χ2n) is 9.23. The van der Waals surface area contributed by atoms with Crippen LogP contribution in [0, 0.1) is 11.3 Å². The molecule has 0 radical (unpaired) electrons. The van der Waals surface area contributed by atoms with Crippen LogP contribution < -0.4 is 5.32 Å². The van der Waals surface area contributed by atoms with E-state index in [9.17, 15) is 9.59 Å². The summed E-state index contributed by atoms with van der Waals surface area (Å²) in [4.78, 5) is 34.0. The number of nitrogens with zero attached hydrogens (tertiary/aromatic N) is 3. The third-order valence-electron chi connectivity index (χ3n) is 5.45. The van der Waals surface area contributed by atoms with Gasteiger partial charge in [0.2, 0.25) is 5.91 Å². The number of halogens is 1. The average molecular weight is 463 g/mol. The number of hydrogen-bond donors (Lipinski definition) is 1. The van der Waals surface area contributed by atoms with Crippen LogP contribution in [0.5, 0.6) is 0 Å². The fourth-order valence-corrected chi connectivity index (χ4v) is 4.91. The lowest BCUT2D eigenvalue weighted by Gasteiger charge is -2.32. The number of amides is 2. The number of nitrogens with one attached hydrogen (secondary N) is 1. The zero-order chi connectivity index (χ0) is 22.6. The molecule has 31 heavy (non-hydrogen) atoms. The van der Waals surface area contributed by atoms with Crippen molar-refractivity contribution in [2.45, 2.75) is 26.7 Å². The Labute approximate surface area is 193 Å². The number of carbonyl (C=O) groups excluding carboxylic acids is 2. The Hall–Kier alpha value is -1.96. The first-order valence-electron chi connectivity index (χ1n) is 10.6. The van der Waals surface area contributed by atoms with Gasteiger partial charge in [-0.25, -0.2) is 4.98 Å². The quantitative estimate of drug-likeness (QED) is 0.674. The average Bonchev–Trinajstić information content (AvgIpc) is 3.21. The molecule has 1 aromatic carbocycles. The van der Waals surface area contributed by atoms with Crippen molar-refractivity contribution < 1.29 is 9.59 Å². The number of aromatic nitrogens is 1. The first-order valence-corrected chi connectivity index (χ1v) is 11.8. The van der Waals surface area contributed by atoms with Crippen molar-refractivity contribution in [1.82, 2.24) is 20.1 Å². The maximum absolute atomic E-state index is 12.9. The van der Waals surface area contributed by atoms with E-state index in [2.05, 4.69) is 29.0 Å². The molecule has 1 N–H and O–H groups in total. The van der Waals surface area contributed by atoms with Crippen molar-refractivity contribution in [3.05, 3.63) is 40.4 Å². The van der Waals surface area contributed by atoms with Crippen molar-refractivity contribution >= 4 is 34.8 Å². The van der Waals surface area contributed by atoms with E-state index in [1.165, 1.54) is 11.3 Å². The van der Waals surface area contributed by atoms with Crippen LogP contribution in [0.4, 0.5) is 0 Å². The molecule has 2 aromatic rings. The lowest BCUT2D eigenvalue weighted by atomic mass is 9.91. The number of rotatable bonds is 7. The molecule has 0 atom stereocenters. The maximum atomic E-state index is 12.9. The number of piperidine rings is 1. The first-order chi connectivity index (χ1) is 14.6. The molecule has 0 aliphatic carbocycles. The number of thiazole rings is 1. The van der Waals surface area contributed by atoms with Crippen molar-refractivity contribution in [2.24, 2.45) is 11.3 Å². The van der Waals surface area contributed by atoms with Crippen LogP contribution in [0.25, 0.3) is 10.6 Å². The standard InChI is InChI=1S/C23H31ClN4O2S/c1-23(2,15-27(3)4)14-25-20(29)16-9-11-28(12-10-16)22(30)19-13-31-21(26-19)17-5-7-18(24)8-6-17/h5-8,13,16H,9-12,14-15H2,1-4H3,(H,25,29). The summed E-state index contributed by atoms with van der Waals surface area (Å²) < 4.78 is 0. The van der Waals surface area contributed by atoms with Gasteiger partial charge < -0.3 is 15.1 Å². The number of likely N-dealkylation sites (tertiary alicyclic amines) is 1. The Morgan fingerprint density at radius 1 is 1.23 bits per heavy atom.